The number of benzene rings is 1. The number of ether oxygens (including phenoxy) is 1. The van der Waals surface area contributed by atoms with E-state index in [-0.39, 0.29) is 11.6 Å². The maximum absolute atomic E-state index is 13.1. The average Bonchev–Trinajstić information content (AvgIpc) is 2.94. The van der Waals surface area contributed by atoms with Gasteiger partial charge in [-0.25, -0.2) is 4.79 Å². The number of amides is 1. The van der Waals surface area contributed by atoms with Crippen LogP contribution in [0.2, 0.25) is 18.1 Å². The summed E-state index contributed by atoms with van der Waals surface area (Å²) in [4.78, 5) is 14.6. The molecule has 1 aromatic carbocycles. The van der Waals surface area contributed by atoms with Gasteiger partial charge in [0.25, 0.3) is 0 Å². The van der Waals surface area contributed by atoms with Gasteiger partial charge in [-0.3, -0.25) is 4.90 Å². The summed E-state index contributed by atoms with van der Waals surface area (Å²) < 4.78 is 21.2. The SMILES string of the molecule is [2H][C@]1(N(CCO[Si](C)(C)C(C)(C)C)C(=O)OC(C)(C)C)CCc2c(C#N)cccc21. The van der Waals surface area contributed by atoms with Crippen molar-refractivity contribution in [2.45, 2.75) is 84.1 Å². The Morgan fingerprint density at radius 2 is 1.97 bits per heavy atom. The summed E-state index contributed by atoms with van der Waals surface area (Å²) in [6, 6.07) is 6.34. The second-order valence-electron chi connectivity index (χ2n) is 10.1. The number of fused-ring (bicyclic) bond motifs is 1. The van der Waals surface area contributed by atoms with Gasteiger partial charge in [0.2, 0.25) is 0 Å². The van der Waals surface area contributed by atoms with Crippen LogP contribution in [-0.2, 0) is 15.6 Å². The molecule has 1 aliphatic carbocycles. The van der Waals surface area contributed by atoms with Crippen LogP contribution in [0.25, 0.3) is 0 Å². The summed E-state index contributed by atoms with van der Waals surface area (Å²) >= 11 is 0. The first-order valence-electron chi connectivity index (χ1n) is 10.8. The first kappa shape index (κ1) is 21.9. The van der Waals surface area contributed by atoms with Crippen molar-refractivity contribution in [3.05, 3.63) is 34.9 Å². The molecule has 0 spiro atoms. The summed E-state index contributed by atoms with van der Waals surface area (Å²) in [5.74, 6) is 0. The molecule has 1 amide bonds. The third kappa shape index (κ3) is 5.61. The Labute approximate surface area is 178 Å². The molecule has 0 fully saturated rings. The van der Waals surface area contributed by atoms with Gasteiger partial charge in [0, 0.05) is 6.54 Å². The predicted octanol–water partition coefficient (Wildman–Crippen LogP) is 5.80. The van der Waals surface area contributed by atoms with Gasteiger partial charge in [-0.15, -0.1) is 0 Å². The third-order valence-corrected chi connectivity index (χ3v) is 10.3. The maximum Gasteiger partial charge on any atom is 0.410 e. The zero-order valence-corrected chi connectivity index (χ0v) is 20.2. The smallest absolute Gasteiger partial charge is 0.410 e. The van der Waals surface area contributed by atoms with E-state index in [4.69, 9.17) is 9.16 Å². The van der Waals surface area contributed by atoms with Crippen LogP contribution in [0.5, 0.6) is 0 Å². The van der Waals surface area contributed by atoms with Crippen molar-refractivity contribution in [2.75, 3.05) is 13.2 Å². The number of hydrogen-bond donors (Lipinski definition) is 0. The van der Waals surface area contributed by atoms with Crippen molar-refractivity contribution in [3.8, 4) is 6.07 Å². The normalized spacial score (nSPS) is 19.9. The van der Waals surface area contributed by atoms with Gasteiger partial charge in [0.05, 0.1) is 25.6 Å². The van der Waals surface area contributed by atoms with E-state index in [1.165, 1.54) is 4.90 Å². The van der Waals surface area contributed by atoms with Crippen LogP contribution in [-0.4, -0.2) is 38.1 Å². The molecule has 160 valence electrons. The minimum Gasteiger partial charge on any atom is -0.444 e. The second kappa shape index (κ2) is 8.49. The van der Waals surface area contributed by atoms with E-state index in [1.54, 1.807) is 12.1 Å². The zero-order chi connectivity index (χ0) is 23.0. The van der Waals surface area contributed by atoms with E-state index in [9.17, 15) is 11.4 Å². The van der Waals surface area contributed by atoms with Crippen molar-refractivity contribution in [1.82, 2.24) is 4.90 Å². The molecule has 0 bridgehead atoms. The van der Waals surface area contributed by atoms with Crippen LogP contribution in [0.4, 0.5) is 4.79 Å². The Bertz CT molecular complexity index is 836. The average molecular weight is 418 g/mol. The lowest BCUT2D eigenvalue weighted by molar-refractivity contribution is 0.0125. The highest BCUT2D eigenvalue weighted by Crippen LogP contribution is 2.39. The number of nitrogens with zero attached hydrogens (tertiary/aromatic N) is 2. The van der Waals surface area contributed by atoms with Crippen molar-refractivity contribution >= 4 is 14.4 Å². The fourth-order valence-electron chi connectivity index (χ4n) is 3.15. The van der Waals surface area contributed by atoms with Crippen molar-refractivity contribution < 1.29 is 15.3 Å². The standard InChI is InChI=1S/C23H36N2O3Si/c1-22(2,3)28-21(26)25(14-15-27-29(7,8)23(4,5)6)20-13-12-18-17(16-24)10-9-11-19(18)20/h9-11,20H,12-15H2,1-8H3/t20-/m0/s1/i20D. The molecule has 0 radical (unpaired) electrons. The van der Waals surface area contributed by atoms with E-state index in [2.05, 4.69) is 39.9 Å². The number of carbonyl (C=O) groups is 1. The molecule has 1 atom stereocenters. The fourth-order valence-corrected chi connectivity index (χ4v) is 4.19. The summed E-state index contributed by atoms with van der Waals surface area (Å²) in [6.45, 7) is 16.9. The van der Waals surface area contributed by atoms with E-state index in [0.717, 1.165) is 5.56 Å². The molecule has 0 saturated carbocycles. The maximum atomic E-state index is 13.1. The van der Waals surface area contributed by atoms with Gasteiger partial charge < -0.3 is 9.16 Å². The molecule has 0 heterocycles. The monoisotopic (exact) mass is 417 g/mol. The van der Waals surface area contributed by atoms with Crippen molar-refractivity contribution in [2.24, 2.45) is 0 Å². The molecule has 0 saturated heterocycles. The summed E-state index contributed by atoms with van der Waals surface area (Å²) in [5, 5.41) is 9.51. The van der Waals surface area contributed by atoms with Gasteiger partial charge in [0.1, 0.15) is 5.60 Å². The van der Waals surface area contributed by atoms with Crippen LogP contribution < -0.4 is 0 Å². The van der Waals surface area contributed by atoms with E-state index < -0.39 is 26.0 Å². The Hall–Kier alpha value is -1.84. The molecular weight excluding hydrogens is 380 g/mol. The molecule has 2 rings (SSSR count). The quantitative estimate of drug-likeness (QED) is 0.568. The van der Waals surface area contributed by atoms with Gasteiger partial charge >= 0.3 is 6.09 Å². The van der Waals surface area contributed by atoms with E-state index in [0.29, 0.717) is 30.6 Å². The zero-order valence-electron chi connectivity index (χ0n) is 20.2. The number of carbonyl (C=O) groups excluding carboxylic acids is 1. The second-order valence-corrected chi connectivity index (χ2v) is 14.9. The van der Waals surface area contributed by atoms with E-state index >= 15 is 0 Å². The highest BCUT2D eigenvalue weighted by atomic mass is 28.4. The van der Waals surface area contributed by atoms with E-state index in [1.807, 2.05) is 26.8 Å². The first-order valence-corrected chi connectivity index (χ1v) is 13.2. The molecule has 29 heavy (non-hydrogen) atoms. The largest absolute Gasteiger partial charge is 0.444 e. The third-order valence-electron chi connectivity index (χ3n) is 5.74. The molecular formula is C23H36N2O3Si. The van der Waals surface area contributed by atoms with Gasteiger partial charge in [-0.2, -0.15) is 5.26 Å². The molecule has 6 heteroatoms. The number of hydrogen-bond acceptors (Lipinski definition) is 4. The summed E-state index contributed by atoms with van der Waals surface area (Å²) in [7, 11) is -1.99. The predicted molar refractivity (Wildman–Crippen MR) is 118 cm³/mol. The molecule has 5 nitrogen and oxygen atoms in total. The minimum atomic E-state index is -1.99. The number of rotatable bonds is 5. The van der Waals surface area contributed by atoms with Gasteiger partial charge in [-0.1, -0.05) is 32.9 Å². The van der Waals surface area contributed by atoms with Crippen LogP contribution in [0, 0.1) is 11.3 Å². The Kier molecular flexibility index (Phi) is 6.40. The van der Waals surface area contributed by atoms with Crippen LogP contribution in [0.3, 0.4) is 0 Å². The molecule has 0 aliphatic heterocycles. The molecule has 1 aliphatic rings. The Morgan fingerprint density at radius 3 is 2.52 bits per heavy atom. The molecule has 0 unspecified atom stereocenters. The van der Waals surface area contributed by atoms with Gasteiger partial charge in [-0.05, 0) is 68.9 Å². The topological polar surface area (TPSA) is 62.6 Å². The minimum absolute atomic E-state index is 0.0596. The van der Waals surface area contributed by atoms with Crippen LogP contribution in [0.1, 0.15) is 72.0 Å². The lowest BCUT2D eigenvalue weighted by Gasteiger charge is -2.38. The highest BCUT2D eigenvalue weighted by Gasteiger charge is 2.38. The summed E-state index contributed by atoms with van der Waals surface area (Å²) in [5.41, 5.74) is 1.47. The van der Waals surface area contributed by atoms with Crippen molar-refractivity contribution in [1.29, 1.82) is 5.26 Å². The fraction of sp³-hybridized carbons (Fsp3) is 0.652. The Balaban J connectivity index is 2.35. The van der Waals surface area contributed by atoms with Gasteiger partial charge in [0.15, 0.2) is 8.32 Å². The highest BCUT2D eigenvalue weighted by molar-refractivity contribution is 6.74. The molecule has 0 N–H and O–H groups in total. The van der Waals surface area contributed by atoms with Crippen LogP contribution >= 0.6 is 0 Å². The molecule has 1 aromatic rings. The Morgan fingerprint density at radius 1 is 1.31 bits per heavy atom. The lowest BCUT2D eigenvalue weighted by Crippen LogP contribution is -2.45. The van der Waals surface area contributed by atoms with Crippen LogP contribution in [0.15, 0.2) is 18.2 Å². The number of nitriles is 1. The lowest BCUT2D eigenvalue weighted by atomic mass is 10.0. The molecule has 0 aromatic heterocycles. The van der Waals surface area contributed by atoms with Crippen molar-refractivity contribution in [3.63, 3.8) is 0 Å². The summed E-state index contributed by atoms with van der Waals surface area (Å²) in [6.07, 6.45) is 0.497. The first-order chi connectivity index (χ1) is 13.6.